The molecular weight excluding hydrogens is 230 g/mol. The summed E-state index contributed by atoms with van der Waals surface area (Å²) >= 11 is 1.89. The SMILES string of the molecule is CSCC(C)CNc1nc2ccccc2n1C. The number of benzene rings is 1. The minimum atomic E-state index is 0.657. The lowest BCUT2D eigenvalue weighted by atomic mass is 10.2. The van der Waals surface area contributed by atoms with E-state index in [1.807, 2.05) is 30.0 Å². The van der Waals surface area contributed by atoms with E-state index in [-0.39, 0.29) is 0 Å². The van der Waals surface area contributed by atoms with Gasteiger partial charge in [0.1, 0.15) is 0 Å². The standard InChI is InChI=1S/C13H19N3S/c1-10(9-17-3)8-14-13-15-11-6-4-5-7-12(11)16(13)2/h4-7,10H,8-9H2,1-3H3,(H,14,15). The minimum absolute atomic E-state index is 0.657. The van der Waals surface area contributed by atoms with E-state index in [9.17, 15) is 0 Å². The van der Waals surface area contributed by atoms with Gasteiger partial charge in [-0.05, 0) is 30.1 Å². The Kier molecular flexibility index (Phi) is 3.94. The van der Waals surface area contributed by atoms with E-state index in [1.165, 1.54) is 11.3 Å². The number of imidazole rings is 1. The summed E-state index contributed by atoms with van der Waals surface area (Å²) < 4.78 is 2.11. The molecule has 1 atom stereocenters. The van der Waals surface area contributed by atoms with Crippen molar-refractivity contribution in [3.8, 4) is 0 Å². The van der Waals surface area contributed by atoms with Crippen LogP contribution in [0.5, 0.6) is 0 Å². The molecule has 0 aliphatic heterocycles. The third-order valence-corrected chi connectivity index (χ3v) is 3.75. The van der Waals surface area contributed by atoms with Gasteiger partial charge in [-0.2, -0.15) is 11.8 Å². The van der Waals surface area contributed by atoms with Gasteiger partial charge in [0.15, 0.2) is 0 Å². The Morgan fingerprint density at radius 3 is 2.88 bits per heavy atom. The topological polar surface area (TPSA) is 29.9 Å². The van der Waals surface area contributed by atoms with Crippen molar-refractivity contribution >= 4 is 28.7 Å². The second kappa shape index (κ2) is 5.45. The zero-order chi connectivity index (χ0) is 12.3. The molecule has 0 spiro atoms. The summed E-state index contributed by atoms with van der Waals surface area (Å²) in [6, 6.07) is 8.21. The maximum Gasteiger partial charge on any atom is 0.203 e. The molecule has 17 heavy (non-hydrogen) atoms. The number of rotatable bonds is 5. The van der Waals surface area contributed by atoms with Crippen molar-refractivity contribution in [2.24, 2.45) is 13.0 Å². The number of fused-ring (bicyclic) bond motifs is 1. The number of thioether (sulfide) groups is 1. The van der Waals surface area contributed by atoms with E-state index in [2.05, 4.69) is 41.2 Å². The Hall–Kier alpha value is -1.16. The van der Waals surface area contributed by atoms with E-state index in [0.717, 1.165) is 18.0 Å². The second-order valence-electron chi connectivity index (χ2n) is 4.42. The average molecular weight is 249 g/mol. The zero-order valence-electron chi connectivity index (χ0n) is 10.6. The van der Waals surface area contributed by atoms with Gasteiger partial charge in [-0.1, -0.05) is 19.1 Å². The first-order valence-corrected chi connectivity index (χ1v) is 7.26. The van der Waals surface area contributed by atoms with Crippen molar-refractivity contribution in [1.82, 2.24) is 9.55 Å². The van der Waals surface area contributed by atoms with E-state index < -0.39 is 0 Å². The van der Waals surface area contributed by atoms with Crippen molar-refractivity contribution in [1.29, 1.82) is 0 Å². The first kappa shape index (κ1) is 12.3. The lowest BCUT2D eigenvalue weighted by Crippen LogP contribution is -2.15. The summed E-state index contributed by atoms with van der Waals surface area (Å²) in [6.07, 6.45) is 2.14. The Balaban J connectivity index is 2.11. The van der Waals surface area contributed by atoms with Crippen LogP contribution in [-0.4, -0.2) is 28.1 Å². The molecule has 2 rings (SSSR count). The summed E-state index contributed by atoms with van der Waals surface area (Å²) in [6.45, 7) is 3.23. The highest BCUT2D eigenvalue weighted by Gasteiger charge is 2.07. The highest BCUT2D eigenvalue weighted by atomic mass is 32.2. The third-order valence-electron chi connectivity index (χ3n) is 2.85. The summed E-state index contributed by atoms with van der Waals surface area (Å²) in [5.41, 5.74) is 2.22. The molecule has 1 aromatic carbocycles. The van der Waals surface area contributed by atoms with Crippen molar-refractivity contribution in [2.75, 3.05) is 23.9 Å². The number of aryl methyl sites for hydroxylation is 1. The highest BCUT2D eigenvalue weighted by molar-refractivity contribution is 7.98. The van der Waals surface area contributed by atoms with Crippen LogP contribution >= 0.6 is 11.8 Å². The van der Waals surface area contributed by atoms with E-state index >= 15 is 0 Å². The predicted molar refractivity (Wildman–Crippen MR) is 76.7 cm³/mol. The molecule has 3 nitrogen and oxygen atoms in total. The van der Waals surface area contributed by atoms with Gasteiger partial charge in [0.25, 0.3) is 0 Å². The summed E-state index contributed by atoms with van der Waals surface area (Å²) in [5, 5.41) is 3.43. The Morgan fingerprint density at radius 2 is 2.18 bits per heavy atom. The van der Waals surface area contributed by atoms with Gasteiger partial charge in [-0.15, -0.1) is 0 Å². The molecule has 0 fully saturated rings. The maximum absolute atomic E-state index is 4.59. The van der Waals surface area contributed by atoms with Gasteiger partial charge < -0.3 is 9.88 Å². The monoisotopic (exact) mass is 249 g/mol. The Labute approximate surface area is 107 Å². The fraction of sp³-hybridized carbons (Fsp3) is 0.462. The van der Waals surface area contributed by atoms with Gasteiger partial charge in [0.2, 0.25) is 5.95 Å². The average Bonchev–Trinajstić information content (AvgIpc) is 2.65. The lowest BCUT2D eigenvalue weighted by Gasteiger charge is -2.11. The van der Waals surface area contributed by atoms with Gasteiger partial charge in [-0.3, -0.25) is 0 Å². The second-order valence-corrected chi connectivity index (χ2v) is 5.34. The van der Waals surface area contributed by atoms with E-state index in [1.54, 1.807) is 0 Å². The summed E-state index contributed by atoms with van der Waals surface area (Å²) in [4.78, 5) is 4.59. The molecule has 0 saturated carbocycles. The van der Waals surface area contributed by atoms with Crippen molar-refractivity contribution < 1.29 is 0 Å². The van der Waals surface area contributed by atoms with Gasteiger partial charge in [0, 0.05) is 13.6 Å². The molecule has 0 aliphatic rings. The lowest BCUT2D eigenvalue weighted by molar-refractivity contribution is 0.693. The molecule has 0 radical (unpaired) electrons. The van der Waals surface area contributed by atoms with Crippen molar-refractivity contribution in [3.63, 3.8) is 0 Å². The number of para-hydroxylation sites is 2. The van der Waals surface area contributed by atoms with E-state index in [4.69, 9.17) is 0 Å². The van der Waals surface area contributed by atoms with Gasteiger partial charge >= 0.3 is 0 Å². The van der Waals surface area contributed by atoms with Crippen LogP contribution in [0.15, 0.2) is 24.3 Å². The Morgan fingerprint density at radius 1 is 1.41 bits per heavy atom. The summed E-state index contributed by atoms with van der Waals surface area (Å²) in [7, 11) is 2.05. The molecule has 2 aromatic rings. The van der Waals surface area contributed by atoms with Crippen LogP contribution in [-0.2, 0) is 7.05 Å². The molecule has 0 saturated heterocycles. The van der Waals surface area contributed by atoms with Crippen molar-refractivity contribution in [2.45, 2.75) is 6.92 Å². The number of aromatic nitrogens is 2. The number of anilines is 1. The zero-order valence-corrected chi connectivity index (χ0v) is 11.4. The first-order valence-electron chi connectivity index (χ1n) is 5.86. The molecule has 0 amide bonds. The molecule has 0 bridgehead atoms. The van der Waals surface area contributed by atoms with Gasteiger partial charge in [0.05, 0.1) is 11.0 Å². The summed E-state index contributed by atoms with van der Waals surface area (Å²) in [5.74, 6) is 2.79. The smallest absolute Gasteiger partial charge is 0.203 e. The first-order chi connectivity index (χ1) is 8.22. The number of nitrogens with zero attached hydrogens (tertiary/aromatic N) is 2. The minimum Gasteiger partial charge on any atom is -0.355 e. The van der Waals surface area contributed by atoms with Crippen LogP contribution in [0.1, 0.15) is 6.92 Å². The number of hydrogen-bond acceptors (Lipinski definition) is 3. The normalized spacial score (nSPS) is 12.9. The van der Waals surface area contributed by atoms with Crippen LogP contribution in [0.3, 0.4) is 0 Å². The fourth-order valence-electron chi connectivity index (χ4n) is 1.91. The highest BCUT2D eigenvalue weighted by Crippen LogP contribution is 2.17. The molecule has 0 aliphatic carbocycles. The maximum atomic E-state index is 4.59. The predicted octanol–water partition coefficient (Wildman–Crippen LogP) is 2.98. The van der Waals surface area contributed by atoms with Crippen LogP contribution in [0.2, 0.25) is 0 Å². The Bertz CT molecular complexity index is 492. The molecule has 1 N–H and O–H groups in total. The van der Waals surface area contributed by atoms with Crippen LogP contribution in [0.4, 0.5) is 5.95 Å². The number of nitrogens with one attached hydrogen (secondary N) is 1. The third kappa shape index (κ3) is 2.75. The van der Waals surface area contributed by atoms with Crippen LogP contribution in [0, 0.1) is 5.92 Å². The largest absolute Gasteiger partial charge is 0.355 e. The van der Waals surface area contributed by atoms with E-state index in [0.29, 0.717) is 5.92 Å². The molecular formula is C13H19N3S. The number of hydrogen-bond donors (Lipinski definition) is 1. The van der Waals surface area contributed by atoms with Crippen LogP contribution in [0.25, 0.3) is 11.0 Å². The molecule has 4 heteroatoms. The van der Waals surface area contributed by atoms with Crippen molar-refractivity contribution in [3.05, 3.63) is 24.3 Å². The fourth-order valence-corrected chi connectivity index (χ4v) is 2.60. The molecule has 92 valence electrons. The van der Waals surface area contributed by atoms with Gasteiger partial charge in [-0.25, -0.2) is 4.98 Å². The molecule has 1 aromatic heterocycles. The molecule has 1 unspecified atom stereocenters. The van der Waals surface area contributed by atoms with Crippen LogP contribution < -0.4 is 5.32 Å². The quantitative estimate of drug-likeness (QED) is 0.883. The molecule has 1 heterocycles.